The molecule has 1 aromatic rings. The Kier molecular flexibility index (Phi) is 3.31. The smallest absolute Gasteiger partial charge is 0.120 e. The van der Waals surface area contributed by atoms with Gasteiger partial charge in [-0.3, -0.25) is 4.90 Å². The van der Waals surface area contributed by atoms with Gasteiger partial charge in [-0.05, 0) is 25.6 Å². The van der Waals surface area contributed by atoms with Gasteiger partial charge >= 0.3 is 0 Å². The Morgan fingerprint density at radius 3 is 2.83 bits per heavy atom. The highest BCUT2D eigenvalue weighted by Gasteiger charge is 2.04. The zero-order valence-corrected chi connectivity index (χ0v) is 7.71. The normalized spacial score (nSPS) is 11.0. The molecule has 0 aromatic carbocycles. The summed E-state index contributed by atoms with van der Waals surface area (Å²) in [5, 5.41) is 0. The van der Waals surface area contributed by atoms with Crippen LogP contribution >= 0.6 is 0 Å². The summed E-state index contributed by atoms with van der Waals surface area (Å²) >= 11 is 0. The highest BCUT2D eigenvalue weighted by atomic mass is 16.3. The molecule has 0 aliphatic carbocycles. The molecule has 0 fully saturated rings. The molecule has 0 aliphatic rings. The summed E-state index contributed by atoms with van der Waals surface area (Å²) in [6.07, 6.45) is 1.72. The fourth-order valence-corrected chi connectivity index (χ4v) is 1.11. The second-order valence-corrected chi connectivity index (χ2v) is 3.05. The lowest BCUT2D eigenvalue weighted by Crippen LogP contribution is -2.24. The lowest BCUT2D eigenvalue weighted by molar-refractivity contribution is 0.301. The minimum Gasteiger partial charge on any atom is -0.468 e. The average Bonchev–Trinajstić information content (AvgIpc) is 2.37. The van der Waals surface area contributed by atoms with Crippen molar-refractivity contribution in [2.45, 2.75) is 13.5 Å². The summed E-state index contributed by atoms with van der Waals surface area (Å²) in [5.74, 6) is 1.03. The van der Waals surface area contributed by atoms with E-state index in [0.29, 0.717) is 6.54 Å². The maximum absolute atomic E-state index is 5.42. The van der Waals surface area contributed by atoms with E-state index in [1.54, 1.807) is 6.26 Å². The summed E-state index contributed by atoms with van der Waals surface area (Å²) in [4.78, 5) is 2.14. The number of aryl methyl sites for hydroxylation is 1. The molecular weight excluding hydrogens is 152 g/mol. The number of furan rings is 1. The number of nitrogens with two attached hydrogens (primary N) is 1. The SMILES string of the molecule is Cc1ccoc1CN(C)CCN. The van der Waals surface area contributed by atoms with E-state index in [4.69, 9.17) is 10.2 Å². The lowest BCUT2D eigenvalue weighted by atomic mass is 10.3. The molecule has 1 rings (SSSR count). The van der Waals surface area contributed by atoms with Crippen molar-refractivity contribution in [3.63, 3.8) is 0 Å². The molecule has 0 bridgehead atoms. The van der Waals surface area contributed by atoms with Gasteiger partial charge in [0, 0.05) is 13.1 Å². The Morgan fingerprint density at radius 1 is 1.58 bits per heavy atom. The zero-order valence-electron chi connectivity index (χ0n) is 7.71. The number of nitrogens with zero attached hydrogens (tertiary/aromatic N) is 1. The van der Waals surface area contributed by atoms with Gasteiger partial charge in [0.15, 0.2) is 0 Å². The fourth-order valence-electron chi connectivity index (χ4n) is 1.11. The number of hydrogen-bond acceptors (Lipinski definition) is 3. The van der Waals surface area contributed by atoms with E-state index in [2.05, 4.69) is 11.8 Å². The predicted octanol–water partition coefficient (Wildman–Crippen LogP) is 0.979. The monoisotopic (exact) mass is 168 g/mol. The number of likely N-dealkylation sites (N-methyl/N-ethyl adjacent to an activating group) is 1. The summed E-state index contributed by atoms with van der Waals surface area (Å²) in [6.45, 7) is 4.49. The van der Waals surface area contributed by atoms with Gasteiger partial charge in [-0.1, -0.05) is 0 Å². The Hall–Kier alpha value is -0.800. The van der Waals surface area contributed by atoms with Crippen molar-refractivity contribution < 1.29 is 4.42 Å². The summed E-state index contributed by atoms with van der Waals surface area (Å²) in [6, 6.07) is 1.98. The van der Waals surface area contributed by atoms with Crippen LogP contribution in [-0.4, -0.2) is 25.0 Å². The fraction of sp³-hybridized carbons (Fsp3) is 0.556. The van der Waals surface area contributed by atoms with E-state index in [1.165, 1.54) is 5.56 Å². The third-order valence-corrected chi connectivity index (χ3v) is 1.89. The third-order valence-electron chi connectivity index (χ3n) is 1.89. The van der Waals surface area contributed by atoms with Gasteiger partial charge in [0.25, 0.3) is 0 Å². The van der Waals surface area contributed by atoms with Gasteiger partial charge in [0.05, 0.1) is 12.8 Å². The van der Waals surface area contributed by atoms with Crippen molar-refractivity contribution in [1.29, 1.82) is 0 Å². The average molecular weight is 168 g/mol. The predicted molar refractivity (Wildman–Crippen MR) is 48.8 cm³/mol. The van der Waals surface area contributed by atoms with Crippen molar-refractivity contribution in [2.24, 2.45) is 5.73 Å². The standard InChI is InChI=1S/C9H16N2O/c1-8-3-6-12-9(8)7-11(2)5-4-10/h3,6H,4-5,7,10H2,1-2H3. The van der Waals surface area contributed by atoms with Crippen LogP contribution in [0.3, 0.4) is 0 Å². The molecule has 0 saturated heterocycles. The van der Waals surface area contributed by atoms with E-state index in [-0.39, 0.29) is 0 Å². The zero-order chi connectivity index (χ0) is 8.97. The lowest BCUT2D eigenvalue weighted by Gasteiger charge is -2.13. The summed E-state index contributed by atoms with van der Waals surface area (Å²) in [7, 11) is 2.04. The van der Waals surface area contributed by atoms with Gasteiger partial charge < -0.3 is 10.2 Å². The van der Waals surface area contributed by atoms with Crippen LogP contribution in [-0.2, 0) is 6.54 Å². The molecule has 1 aromatic heterocycles. The van der Waals surface area contributed by atoms with Crippen molar-refractivity contribution in [2.75, 3.05) is 20.1 Å². The third kappa shape index (κ3) is 2.36. The van der Waals surface area contributed by atoms with Crippen molar-refractivity contribution >= 4 is 0 Å². The first-order valence-electron chi connectivity index (χ1n) is 4.15. The van der Waals surface area contributed by atoms with Crippen LogP contribution in [0.2, 0.25) is 0 Å². The van der Waals surface area contributed by atoms with Crippen LogP contribution in [0.4, 0.5) is 0 Å². The van der Waals surface area contributed by atoms with Crippen LogP contribution in [0.1, 0.15) is 11.3 Å². The van der Waals surface area contributed by atoms with Gasteiger partial charge in [-0.2, -0.15) is 0 Å². The molecule has 0 atom stereocenters. The Labute approximate surface area is 73.2 Å². The minimum absolute atomic E-state index is 0.691. The van der Waals surface area contributed by atoms with Gasteiger partial charge in [0.2, 0.25) is 0 Å². The van der Waals surface area contributed by atoms with Crippen molar-refractivity contribution in [3.8, 4) is 0 Å². The summed E-state index contributed by atoms with van der Waals surface area (Å²) in [5.41, 5.74) is 6.63. The molecule has 2 N–H and O–H groups in total. The first-order valence-corrected chi connectivity index (χ1v) is 4.15. The maximum atomic E-state index is 5.42. The Morgan fingerprint density at radius 2 is 2.33 bits per heavy atom. The van der Waals surface area contributed by atoms with E-state index >= 15 is 0 Å². The Balaban J connectivity index is 2.46. The van der Waals surface area contributed by atoms with Crippen LogP contribution in [0, 0.1) is 6.92 Å². The second kappa shape index (κ2) is 4.28. The quantitative estimate of drug-likeness (QED) is 0.728. The van der Waals surface area contributed by atoms with Crippen LogP contribution in [0.25, 0.3) is 0 Å². The molecule has 12 heavy (non-hydrogen) atoms. The first-order chi connectivity index (χ1) is 5.74. The van der Waals surface area contributed by atoms with Crippen LogP contribution in [0.5, 0.6) is 0 Å². The molecule has 0 saturated carbocycles. The van der Waals surface area contributed by atoms with Crippen molar-refractivity contribution in [1.82, 2.24) is 4.90 Å². The molecular formula is C9H16N2O. The van der Waals surface area contributed by atoms with E-state index < -0.39 is 0 Å². The van der Waals surface area contributed by atoms with E-state index in [1.807, 2.05) is 13.1 Å². The van der Waals surface area contributed by atoms with Crippen LogP contribution < -0.4 is 5.73 Å². The van der Waals surface area contributed by atoms with Gasteiger partial charge in [0.1, 0.15) is 5.76 Å². The molecule has 0 spiro atoms. The molecule has 1 heterocycles. The highest BCUT2D eigenvalue weighted by molar-refractivity contribution is 5.14. The molecule has 0 amide bonds. The van der Waals surface area contributed by atoms with Gasteiger partial charge in [-0.15, -0.1) is 0 Å². The highest BCUT2D eigenvalue weighted by Crippen LogP contribution is 2.10. The maximum Gasteiger partial charge on any atom is 0.120 e. The first kappa shape index (κ1) is 9.29. The molecule has 0 aliphatic heterocycles. The molecule has 68 valence electrons. The van der Waals surface area contributed by atoms with Crippen molar-refractivity contribution in [3.05, 3.63) is 23.7 Å². The molecule has 3 heteroatoms. The molecule has 3 nitrogen and oxygen atoms in total. The summed E-state index contributed by atoms with van der Waals surface area (Å²) < 4.78 is 5.30. The van der Waals surface area contributed by atoms with E-state index in [0.717, 1.165) is 18.8 Å². The Bertz CT molecular complexity index is 232. The number of rotatable bonds is 4. The minimum atomic E-state index is 0.691. The molecule has 0 unspecified atom stereocenters. The van der Waals surface area contributed by atoms with Gasteiger partial charge in [-0.25, -0.2) is 0 Å². The second-order valence-electron chi connectivity index (χ2n) is 3.05. The molecule has 0 radical (unpaired) electrons. The topological polar surface area (TPSA) is 42.4 Å². The number of hydrogen-bond donors (Lipinski definition) is 1. The van der Waals surface area contributed by atoms with E-state index in [9.17, 15) is 0 Å². The van der Waals surface area contributed by atoms with Crippen LogP contribution in [0.15, 0.2) is 16.7 Å². The largest absolute Gasteiger partial charge is 0.468 e.